The highest BCUT2D eigenvalue weighted by molar-refractivity contribution is 5.25. The van der Waals surface area contributed by atoms with E-state index < -0.39 is 0 Å². The van der Waals surface area contributed by atoms with Crippen molar-refractivity contribution in [1.82, 2.24) is 25.6 Å². The SMILES string of the molecule is Cc1ccccc1CN1CCC(CN(Cc2cccnc2)CC2CC(CC(C)C)NN2)CC1. The summed E-state index contributed by atoms with van der Waals surface area (Å²) in [7, 11) is 0. The van der Waals surface area contributed by atoms with Crippen molar-refractivity contribution < 1.29 is 0 Å². The second-order valence-electron chi connectivity index (χ2n) is 10.7. The predicted octanol–water partition coefficient (Wildman–Crippen LogP) is 4.39. The van der Waals surface area contributed by atoms with Crippen molar-refractivity contribution in [2.75, 3.05) is 26.2 Å². The van der Waals surface area contributed by atoms with E-state index in [1.165, 1.54) is 62.0 Å². The van der Waals surface area contributed by atoms with Crippen LogP contribution < -0.4 is 10.9 Å². The van der Waals surface area contributed by atoms with E-state index in [4.69, 9.17) is 0 Å². The minimum atomic E-state index is 0.520. The van der Waals surface area contributed by atoms with Crippen molar-refractivity contribution >= 4 is 0 Å². The molecule has 2 fully saturated rings. The van der Waals surface area contributed by atoms with Crippen LogP contribution in [0.2, 0.25) is 0 Å². The third kappa shape index (κ3) is 7.61. The van der Waals surface area contributed by atoms with Gasteiger partial charge in [-0.05, 0) is 80.3 Å². The van der Waals surface area contributed by atoms with Crippen molar-refractivity contribution in [2.24, 2.45) is 11.8 Å². The van der Waals surface area contributed by atoms with Crippen molar-refractivity contribution in [3.63, 3.8) is 0 Å². The van der Waals surface area contributed by atoms with E-state index in [9.17, 15) is 0 Å². The minimum Gasteiger partial charge on any atom is -0.299 e. The summed E-state index contributed by atoms with van der Waals surface area (Å²) in [6.45, 7) is 13.6. The molecule has 2 aromatic rings. The average molecular weight is 450 g/mol. The molecule has 4 rings (SSSR count). The van der Waals surface area contributed by atoms with Crippen molar-refractivity contribution in [3.05, 3.63) is 65.5 Å². The molecule has 0 saturated carbocycles. The number of aromatic nitrogens is 1. The molecule has 5 heteroatoms. The fourth-order valence-corrected chi connectivity index (χ4v) is 5.53. The summed E-state index contributed by atoms with van der Waals surface area (Å²) in [6.07, 6.45) is 8.95. The molecule has 0 amide bonds. The Morgan fingerprint density at radius 2 is 1.82 bits per heavy atom. The van der Waals surface area contributed by atoms with Crippen LogP contribution in [0.25, 0.3) is 0 Å². The molecular formula is C28H43N5. The lowest BCUT2D eigenvalue weighted by molar-refractivity contribution is 0.130. The summed E-state index contributed by atoms with van der Waals surface area (Å²) in [5.74, 6) is 1.51. The molecule has 3 heterocycles. The molecule has 0 spiro atoms. The van der Waals surface area contributed by atoms with Crippen LogP contribution in [0.15, 0.2) is 48.8 Å². The lowest BCUT2D eigenvalue weighted by Crippen LogP contribution is -2.44. The van der Waals surface area contributed by atoms with Gasteiger partial charge < -0.3 is 0 Å². The van der Waals surface area contributed by atoms with E-state index in [2.05, 4.69) is 82.8 Å². The van der Waals surface area contributed by atoms with E-state index in [1.54, 1.807) is 0 Å². The number of hydrogen-bond donors (Lipinski definition) is 2. The monoisotopic (exact) mass is 449 g/mol. The van der Waals surface area contributed by atoms with Crippen LogP contribution in [-0.2, 0) is 13.1 Å². The summed E-state index contributed by atoms with van der Waals surface area (Å²) in [5.41, 5.74) is 11.3. The van der Waals surface area contributed by atoms with E-state index in [1.807, 2.05) is 12.4 Å². The van der Waals surface area contributed by atoms with E-state index in [-0.39, 0.29) is 0 Å². The number of likely N-dealkylation sites (tertiary alicyclic amines) is 1. The summed E-state index contributed by atoms with van der Waals surface area (Å²) >= 11 is 0. The van der Waals surface area contributed by atoms with Crippen LogP contribution in [0.5, 0.6) is 0 Å². The minimum absolute atomic E-state index is 0.520. The van der Waals surface area contributed by atoms with Crippen LogP contribution in [-0.4, -0.2) is 53.0 Å². The molecule has 1 aromatic heterocycles. The Balaban J connectivity index is 1.30. The van der Waals surface area contributed by atoms with Crippen LogP contribution >= 0.6 is 0 Å². The fourth-order valence-electron chi connectivity index (χ4n) is 5.53. The molecule has 2 unspecified atom stereocenters. The van der Waals surface area contributed by atoms with Crippen molar-refractivity contribution in [2.45, 2.75) is 71.6 Å². The molecule has 1 aromatic carbocycles. The maximum absolute atomic E-state index is 4.36. The van der Waals surface area contributed by atoms with E-state index in [0.29, 0.717) is 12.1 Å². The third-order valence-corrected chi connectivity index (χ3v) is 7.30. The molecule has 2 aliphatic rings. The first-order chi connectivity index (χ1) is 16.0. The Hall–Kier alpha value is -1.79. The second kappa shape index (κ2) is 12.1. The summed E-state index contributed by atoms with van der Waals surface area (Å²) in [6, 6.07) is 14.2. The molecule has 180 valence electrons. The Morgan fingerprint density at radius 3 is 2.55 bits per heavy atom. The number of benzene rings is 1. The molecule has 2 atom stereocenters. The zero-order chi connectivity index (χ0) is 23.0. The number of nitrogens with one attached hydrogen (secondary N) is 2. The molecule has 0 aliphatic carbocycles. The largest absolute Gasteiger partial charge is 0.299 e. The quantitative estimate of drug-likeness (QED) is 0.563. The highest BCUT2D eigenvalue weighted by Crippen LogP contribution is 2.23. The lowest BCUT2D eigenvalue weighted by atomic mass is 9.94. The van der Waals surface area contributed by atoms with Gasteiger partial charge in [-0.2, -0.15) is 0 Å². The van der Waals surface area contributed by atoms with E-state index >= 15 is 0 Å². The Kier molecular flexibility index (Phi) is 8.90. The normalized spacial score (nSPS) is 22.5. The van der Waals surface area contributed by atoms with Crippen molar-refractivity contribution in [3.8, 4) is 0 Å². The van der Waals surface area contributed by atoms with Crippen LogP contribution in [0.3, 0.4) is 0 Å². The summed E-state index contributed by atoms with van der Waals surface area (Å²) in [5, 5.41) is 0. The number of piperidine rings is 1. The molecule has 5 nitrogen and oxygen atoms in total. The third-order valence-electron chi connectivity index (χ3n) is 7.30. The van der Waals surface area contributed by atoms with Gasteiger partial charge in [0.2, 0.25) is 0 Å². The fraction of sp³-hybridized carbons (Fsp3) is 0.607. The molecular weight excluding hydrogens is 406 g/mol. The number of aryl methyl sites for hydroxylation is 1. The van der Waals surface area contributed by atoms with Crippen LogP contribution in [0.1, 0.15) is 56.2 Å². The standard InChI is InChI=1S/C28H43N5/c1-22(2)15-27-16-28(31-30-27)21-33(19-25-8-6-12-29-17-25)18-24-10-13-32(14-11-24)20-26-9-5-4-7-23(26)3/h4-9,12,17,22,24,27-28,30-31H,10-11,13-16,18-21H2,1-3H3. The Labute approximate surface area is 200 Å². The maximum atomic E-state index is 4.36. The molecule has 33 heavy (non-hydrogen) atoms. The lowest BCUT2D eigenvalue weighted by Gasteiger charge is -2.36. The first kappa shape index (κ1) is 24.3. The zero-order valence-corrected chi connectivity index (χ0v) is 20.8. The number of hydrogen-bond acceptors (Lipinski definition) is 5. The van der Waals surface area contributed by atoms with Crippen LogP contribution in [0, 0.1) is 18.8 Å². The summed E-state index contributed by atoms with van der Waals surface area (Å²) < 4.78 is 0. The Bertz CT molecular complexity index is 831. The first-order valence-electron chi connectivity index (χ1n) is 12.9. The second-order valence-corrected chi connectivity index (χ2v) is 10.7. The van der Waals surface area contributed by atoms with Gasteiger partial charge >= 0.3 is 0 Å². The highest BCUT2D eigenvalue weighted by atomic mass is 15.4. The maximum Gasteiger partial charge on any atom is 0.0355 e. The number of rotatable bonds is 10. The molecule has 0 bridgehead atoms. The topological polar surface area (TPSA) is 43.4 Å². The van der Waals surface area contributed by atoms with Crippen molar-refractivity contribution in [1.29, 1.82) is 0 Å². The predicted molar refractivity (Wildman–Crippen MR) is 137 cm³/mol. The average Bonchev–Trinajstić information content (AvgIpc) is 3.23. The first-order valence-corrected chi connectivity index (χ1v) is 12.9. The number of pyridine rings is 1. The molecule has 2 aliphatic heterocycles. The molecule has 0 radical (unpaired) electrons. The smallest absolute Gasteiger partial charge is 0.0355 e. The van der Waals surface area contributed by atoms with Gasteiger partial charge in [-0.25, -0.2) is 0 Å². The Morgan fingerprint density at radius 1 is 1.03 bits per heavy atom. The van der Waals surface area contributed by atoms with Gasteiger partial charge in [-0.15, -0.1) is 0 Å². The van der Waals surface area contributed by atoms with Gasteiger partial charge in [-0.1, -0.05) is 44.2 Å². The van der Waals surface area contributed by atoms with Crippen LogP contribution in [0.4, 0.5) is 0 Å². The zero-order valence-electron chi connectivity index (χ0n) is 20.8. The van der Waals surface area contributed by atoms with Gasteiger partial charge in [0.05, 0.1) is 0 Å². The number of nitrogens with zero attached hydrogens (tertiary/aromatic N) is 3. The van der Waals surface area contributed by atoms with Gasteiger partial charge in [0, 0.05) is 50.7 Å². The van der Waals surface area contributed by atoms with Gasteiger partial charge in [0.25, 0.3) is 0 Å². The van der Waals surface area contributed by atoms with E-state index in [0.717, 1.165) is 31.5 Å². The highest BCUT2D eigenvalue weighted by Gasteiger charge is 2.28. The molecule has 2 N–H and O–H groups in total. The number of hydrazine groups is 1. The van der Waals surface area contributed by atoms with Gasteiger partial charge in [0.1, 0.15) is 0 Å². The van der Waals surface area contributed by atoms with Gasteiger partial charge in [-0.3, -0.25) is 25.6 Å². The van der Waals surface area contributed by atoms with Gasteiger partial charge in [0.15, 0.2) is 0 Å². The summed E-state index contributed by atoms with van der Waals surface area (Å²) in [4.78, 5) is 9.68. The molecule has 2 saturated heterocycles.